The van der Waals surface area contributed by atoms with Crippen molar-refractivity contribution in [2.24, 2.45) is 0 Å². The highest BCUT2D eigenvalue weighted by Gasteiger charge is 2.31. The molecule has 1 unspecified atom stereocenters. The van der Waals surface area contributed by atoms with E-state index in [0.717, 1.165) is 6.07 Å². The van der Waals surface area contributed by atoms with Crippen LogP contribution in [0.25, 0.3) is 0 Å². The van der Waals surface area contributed by atoms with Gasteiger partial charge in [-0.15, -0.1) is 6.58 Å². The van der Waals surface area contributed by atoms with Gasteiger partial charge in [0.2, 0.25) is 0 Å². The van der Waals surface area contributed by atoms with Gasteiger partial charge in [-0.05, 0) is 25.0 Å². The van der Waals surface area contributed by atoms with Crippen molar-refractivity contribution in [3.05, 3.63) is 42.2 Å². The fourth-order valence-electron chi connectivity index (χ4n) is 1.47. The molecule has 1 atom stereocenters. The second-order valence-corrected chi connectivity index (χ2v) is 4.16. The number of carbonyl (C=O) groups excluding carboxylic acids is 1. The van der Waals surface area contributed by atoms with E-state index in [1.165, 1.54) is 6.08 Å². The van der Waals surface area contributed by atoms with Gasteiger partial charge in [-0.1, -0.05) is 6.08 Å². The predicted octanol–water partition coefficient (Wildman–Crippen LogP) is 2.25. The molecule has 2 N–H and O–H groups in total. The lowest BCUT2D eigenvalue weighted by Crippen LogP contribution is -2.41. The summed E-state index contributed by atoms with van der Waals surface area (Å²) in [7, 11) is 0. The number of alkyl halides is 3. The van der Waals surface area contributed by atoms with Gasteiger partial charge >= 0.3 is 12.1 Å². The number of allylic oxidation sites excluding steroid dienone is 1. The Morgan fingerprint density at radius 1 is 1.43 bits per heavy atom. The van der Waals surface area contributed by atoms with Crippen LogP contribution >= 0.6 is 0 Å². The van der Waals surface area contributed by atoms with Gasteiger partial charge in [0, 0.05) is 6.20 Å². The molecule has 0 saturated carbocycles. The smallest absolute Gasteiger partial charge is 0.417 e. The molecule has 0 aliphatic carbocycles. The summed E-state index contributed by atoms with van der Waals surface area (Å²) < 4.78 is 37.0. The SMILES string of the molecule is C=CCCC(NC(=O)c1ccc(C(F)(F)F)cn1)C(=O)O. The van der Waals surface area contributed by atoms with Gasteiger partial charge < -0.3 is 10.4 Å². The third-order valence-electron chi connectivity index (χ3n) is 2.59. The van der Waals surface area contributed by atoms with Crippen LogP contribution in [-0.2, 0) is 11.0 Å². The van der Waals surface area contributed by atoms with Gasteiger partial charge in [-0.2, -0.15) is 13.2 Å². The van der Waals surface area contributed by atoms with Crippen molar-refractivity contribution < 1.29 is 27.9 Å². The Hall–Kier alpha value is -2.38. The number of aromatic nitrogens is 1. The maximum Gasteiger partial charge on any atom is 0.417 e. The monoisotopic (exact) mass is 302 g/mol. The van der Waals surface area contributed by atoms with E-state index >= 15 is 0 Å². The lowest BCUT2D eigenvalue weighted by molar-refractivity contribution is -0.139. The summed E-state index contributed by atoms with van der Waals surface area (Å²) in [5.41, 5.74) is -1.27. The second kappa shape index (κ2) is 6.87. The average Bonchev–Trinajstić information content (AvgIpc) is 2.42. The third-order valence-corrected chi connectivity index (χ3v) is 2.59. The van der Waals surface area contributed by atoms with E-state index in [1.807, 2.05) is 0 Å². The highest BCUT2D eigenvalue weighted by molar-refractivity contribution is 5.94. The Labute approximate surface area is 118 Å². The summed E-state index contributed by atoms with van der Waals surface area (Å²) in [5.74, 6) is -2.09. The van der Waals surface area contributed by atoms with Crippen molar-refractivity contribution in [3.63, 3.8) is 0 Å². The summed E-state index contributed by atoms with van der Waals surface area (Å²) in [5, 5.41) is 11.1. The van der Waals surface area contributed by atoms with Crippen molar-refractivity contribution in [1.29, 1.82) is 0 Å². The van der Waals surface area contributed by atoms with E-state index in [1.54, 1.807) is 0 Å². The molecule has 0 aliphatic heterocycles. The lowest BCUT2D eigenvalue weighted by Gasteiger charge is -2.13. The largest absolute Gasteiger partial charge is 0.480 e. The first kappa shape index (κ1) is 16.7. The third kappa shape index (κ3) is 4.90. The fraction of sp³-hybridized carbons (Fsp3) is 0.308. The van der Waals surface area contributed by atoms with E-state index in [9.17, 15) is 22.8 Å². The quantitative estimate of drug-likeness (QED) is 0.790. The highest BCUT2D eigenvalue weighted by atomic mass is 19.4. The van der Waals surface area contributed by atoms with Crippen LogP contribution in [0.3, 0.4) is 0 Å². The summed E-state index contributed by atoms with van der Waals surface area (Å²) in [6.07, 6.45) is -2.02. The Morgan fingerprint density at radius 3 is 2.52 bits per heavy atom. The maximum absolute atomic E-state index is 12.3. The molecule has 0 bridgehead atoms. The minimum atomic E-state index is -4.55. The Balaban J connectivity index is 2.78. The van der Waals surface area contributed by atoms with Crippen molar-refractivity contribution >= 4 is 11.9 Å². The highest BCUT2D eigenvalue weighted by Crippen LogP contribution is 2.28. The summed E-state index contributed by atoms with van der Waals surface area (Å²) in [4.78, 5) is 26.1. The lowest BCUT2D eigenvalue weighted by atomic mass is 10.1. The van der Waals surface area contributed by atoms with Gasteiger partial charge in [-0.3, -0.25) is 9.78 Å². The molecule has 1 rings (SSSR count). The Morgan fingerprint density at radius 2 is 2.10 bits per heavy atom. The number of amides is 1. The Kier molecular flexibility index (Phi) is 5.45. The first-order valence-corrected chi connectivity index (χ1v) is 5.93. The topological polar surface area (TPSA) is 79.3 Å². The van der Waals surface area contributed by atoms with Gasteiger partial charge in [0.05, 0.1) is 5.56 Å². The number of nitrogens with zero attached hydrogens (tertiary/aromatic N) is 1. The first-order chi connectivity index (χ1) is 9.75. The zero-order valence-corrected chi connectivity index (χ0v) is 10.9. The number of pyridine rings is 1. The van der Waals surface area contributed by atoms with Crippen LogP contribution in [-0.4, -0.2) is 28.0 Å². The second-order valence-electron chi connectivity index (χ2n) is 4.16. The molecule has 0 spiro atoms. The van der Waals surface area contributed by atoms with Crippen molar-refractivity contribution in [1.82, 2.24) is 10.3 Å². The molecule has 21 heavy (non-hydrogen) atoms. The van der Waals surface area contributed by atoms with Crippen LogP contribution in [0.15, 0.2) is 31.0 Å². The minimum absolute atomic E-state index is 0.130. The number of rotatable bonds is 6. The van der Waals surface area contributed by atoms with Crippen LogP contribution in [0, 0.1) is 0 Å². The molecule has 0 aliphatic rings. The van der Waals surface area contributed by atoms with E-state index < -0.39 is 29.7 Å². The number of halogens is 3. The number of carbonyl (C=O) groups is 2. The number of carboxylic acids is 1. The molecule has 5 nitrogen and oxygen atoms in total. The predicted molar refractivity (Wildman–Crippen MR) is 67.6 cm³/mol. The number of hydrogen-bond donors (Lipinski definition) is 2. The van der Waals surface area contributed by atoms with Crippen LogP contribution in [0.2, 0.25) is 0 Å². The summed E-state index contributed by atoms with van der Waals surface area (Å²) in [6.45, 7) is 3.44. The molecule has 0 aromatic carbocycles. The average molecular weight is 302 g/mol. The zero-order valence-electron chi connectivity index (χ0n) is 10.9. The molecule has 1 aromatic heterocycles. The number of hydrogen-bond acceptors (Lipinski definition) is 3. The molecule has 1 aromatic rings. The van der Waals surface area contributed by atoms with Gasteiger partial charge in [0.15, 0.2) is 0 Å². The van der Waals surface area contributed by atoms with Crippen molar-refractivity contribution in [2.45, 2.75) is 25.1 Å². The summed E-state index contributed by atoms with van der Waals surface area (Å²) >= 11 is 0. The molecular weight excluding hydrogens is 289 g/mol. The minimum Gasteiger partial charge on any atom is -0.480 e. The van der Waals surface area contributed by atoms with Crippen molar-refractivity contribution in [2.75, 3.05) is 0 Å². The van der Waals surface area contributed by atoms with Crippen molar-refractivity contribution in [3.8, 4) is 0 Å². The number of nitrogens with one attached hydrogen (secondary N) is 1. The molecular formula is C13H13F3N2O3. The van der Waals surface area contributed by atoms with Crippen LogP contribution in [0.1, 0.15) is 28.9 Å². The molecule has 8 heteroatoms. The normalized spacial score (nSPS) is 12.5. The van der Waals surface area contributed by atoms with Gasteiger partial charge in [-0.25, -0.2) is 4.79 Å². The van der Waals surface area contributed by atoms with E-state index in [2.05, 4.69) is 16.9 Å². The van der Waals surface area contributed by atoms with E-state index in [-0.39, 0.29) is 12.1 Å². The maximum atomic E-state index is 12.3. The van der Waals surface area contributed by atoms with Crippen LogP contribution in [0.4, 0.5) is 13.2 Å². The molecule has 1 amide bonds. The van der Waals surface area contributed by atoms with E-state index in [0.29, 0.717) is 18.7 Å². The number of carboxylic acid groups (broad SMARTS) is 1. The summed E-state index contributed by atoms with van der Waals surface area (Å²) in [6, 6.07) is 0.450. The van der Waals surface area contributed by atoms with Gasteiger partial charge in [0.1, 0.15) is 11.7 Å². The van der Waals surface area contributed by atoms with E-state index in [4.69, 9.17) is 5.11 Å². The number of aliphatic carboxylic acids is 1. The standard InChI is InChI=1S/C13H13F3N2O3/c1-2-3-4-10(12(20)21)18-11(19)9-6-5-8(7-17-9)13(14,15)16/h2,5-7,10H,1,3-4H2,(H,18,19)(H,20,21). The zero-order chi connectivity index (χ0) is 16.0. The molecule has 114 valence electrons. The molecule has 0 saturated heterocycles. The van der Waals surface area contributed by atoms with Gasteiger partial charge in [0.25, 0.3) is 5.91 Å². The van der Waals surface area contributed by atoms with Crippen LogP contribution in [0.5, 0.6) is 0 Å². The van der Waals surface area contributed by atoms with Crippen LogP contribution < -0.4 is 5.32 Å². The first-order valence-electron chi connectivity index (χ1n) is 5.93. The fourth-order valence-corrected chi connectivity index (χ4v) is 1.47. The molecule has 0 radical (unpaired) electrons. The Bertz CT molecular complexity index is 526. The molecule has 0 fully saturated rings. The molecule has 1 heterocycles.